The highest BCUT2D eigenvalue weighted by Gasteiger charge is 2.31. The van der Waals surface area contributed by atoms with Crippen molar-refractivity contribution in [3.05, 3.63) is 54.1 Å². The number of amides is 1. The molecule has 1 saturated heterocycles. The minimum absolute atomic E-state index is 0.0980. The third-order valence-electron chi connectivity index (χ3n) is 4.42. The van der Waals surface area contributed by atoms with Crippen molar-refractivity contribution in [1.29, 1.82) is 0 Å². The van der Waals surface area contributed by atoms with E-state index in [0.29, 0.717) is 37.7 Å². The smallest absolute Gasteiger partial charge is 0.416 e. The van der Waals surface area contributed by atoms with Gasteiger partial charge in [0.15, 0.2) is 0 Å². The van der Waals surface area contributed by atoms with Crippen LogP contribution in [0.5, 0.6) is 5.75 Å². The maximum atomic E-state index is 13.1. The predicted molar refractivity (Wildman–Crippen MR) is 106 cm³/mol. The number of halogens is 3. The zero-order chi connectivity index (χ0) is 21.4. The molecule has 2 aromatic carbocycles. The number of anilines is 2. The number of nitrogens with one attached hydrogen (secondary N) is 1. The molecule has 0 unspecified atom stereocenters. The molecule has 0 radical (unpaired) electrons. The van der Waals surface area contributed by atoms with E-state index < -0.39 is 17.6 Å². The first-order valence-corrected chi connectivity index (χ1v) is 9.53. The highest BCUT2D eigenvalue weighted by Crippen LogP contribution is 2.35. The summed E-state index contributed by atoms with van der Waals surface area (Å²) in [5, 5.41) is 2.54. The van der Waals surface area contributed by atoms with Crippen LogP contribution in [0, 0.1) is 0 Å². The highest BCUT2D eigenvalue weighted by molar-refractivity contribution is 5.95. The molecule has 9 heteroatoms. The monoisotopic (exact) mass is 424 g/mol. The Labute approximate surface area is 172 Å². The van der Waals surface area contributed by atoms with Gasteiger partial charge in [-0.2, -0.15) is 13.2 Å². The van der Waals surface area contributed by atoms with Crippen LogP contribution in [0.15, 0.2) is 48.5 Å². The standard InChI is InChI=1S/C21H23F3N2O4/c22-21(23,24)16-6-7-19(26-8-10-28-11-9-26)18(14-16)25-20(27)15-29-12-13-30-17-4-2-1-3-5-17/h1-7,14H,8-13,15H2,(H,25,27). The molecule has 0 bridgehead atoms. The van der Waals surface area contributed by atoms with Gasteiger partial charge in [-0.15, -0.1) is 0 Å². The summed E-state index contributed by atoms with van der Waals surface area (Å²) >= 11 is 0. The average molecular weight is 424 g/mol. The highest BCUT2D eigenvalue weighted by atomic mass is 19.4. The Morgan fingerprint density at radius 1 is 1.07 bits per heavy atom. The molecule has 0 aromatic heterocycles. The van der Waals surface area contributed by atoms with Gasteiger partial charge in [0.2, 0.25) is 5.91 Å². The van der Waals surface area contributed by atoms with E-state index in [-0.39, 0.29) is 25.5 Å². The van der Waals surface area contributed by atoms with Crippen LogP contribution in [0.25, 0.3) is 0 Å². The van der Waals surface area contributed by atoms with Crippen LogP contribution in [-0.4, -0.2) is 52.0 Å². The lowest BCUT2D eigenvalue weighted by molar-refractivity contribution is -0.137. The van der Waals surface area contributed by atoms with Crippen LogP contribution >= 0.6 is 0 Å². The molecule has 162 valence electrons. The van der Waals surface area contributed by atoms with Crippen molar-refractivity contribution in [1.82, 2.24) is 0 Å². The van der Waals surface area contributed by atoms with Gasteiger partial charge < -0.3 is 24.4 Å². The quantitative estimate of drug-likeness (QED) is 0.657. The second-order valence-corrected chi connectivity index (χ2v) is 6.59. The van der Waals surface area contributed by atoms with Crippen molar-refractivity contribution in [2.75, 3.05) is 56.3 Å². The van der Waals surface area contributed by atoms with Crippen molar-refractivity contribution in [3.63, 3.8) is 0 Å². The number of para-hydroxylation sites is 1. The Balaban J connectivity index is 1.56. The Morgan fingerprint density at radius 3 is 2.50 bits per heavy atom. The Kier molecular flexibility index (Phi) is 7.53. The fourth-order valence-corrected chi connectivity index (χ4v) is 2.98. The molecule has 3 rings (SSSR count). The number of nitrogens with zero attached hydrogens (tertiary/aromatic N) is 1. The molecule has 0 atom stereocenters. The predicted octanol–water partition coefficient (Wildman–Crippen LogP) is 3.58. The molecular formula is C21H23F3N2O4. The van der Waals surface area contributed by atoms with Gasteiger partial charge in [-0.3, -0.25) is 4.79 Å². The molecule has 1 N–H and O–H groups in total. The third kappa shape index (κ3) is 6.36. The fourth-order valence-electron chi connectivity index (χ4n) is 2.98. The topological polar surface area (TPSA) is 60.0 Å². The number of alkyl halides is 3. The summed E-state index contributed by atoms with van der Waals surface area (Å²) in [4.78, 5) is 14.1. The van der Waals surface area contributed by atoms with Crippen LogP contribution in [0.2, 0.25) is 0 Å². The zero-order valence-electron chi connectivity index (χ0n) is 16.3. The lowest BCUT2D eigenvalue weighted by Crippen LogP contribution is -2.37. The van der Waals surface area contributed by atoms with E-state index in [1.807, 2.05) is 23.1 Å². The number of carbonyl (C=O) groups is 1. The van der Waals surface area contributed by atoms with Crippen molar-refractivity contribution in [2.45, 2.75) is 6.18 Å². The van der Waals surface area contributed by atoms with E-state index in [1.165, 1.54) is 6.07 Å². The van der Waals surface area contributed by atoms with Crippen LogP contribution in [0.1, 0.15) is 5.56 Å². The van der Waals surface area contributed by atoms with E-state index in [9.17, 15) is 18.0 Å². The molecule has 0 spiro atoms. The van der Waals surface area contributed by atoms with E-state index in [1.54, 1.807) is 12.1 Å². The Hall–Kier alpha value is -2.78. The average Bonchev–Trinajstić information content (AvgIpc) is 2.74. The molecular weight excluding hydrogens is 401 g/mol. The fraction of sp³-hybridized carbons (Fsp3) is 0.381. The zero-order valence-corrected chi connectivity index (χ0v) is 16.3. The van der Waals surface area contributed by atoms with Gasteiger partial charge in [-0.25, -0.2) is 0 Å². The molecule has 2 aromatic rings. The Morgan fingerprint density at radius 2 is 1.80 bits per heavy atom. The summed E-state index contributed by atoms with van der Waals surface area (Å²) < 4.78 is 55.4. The van der Waals surface area contributed by atoms with Crippen LogP contribution < -0.4 is 15.0 Å². The number of hydrogen-bond donors (Lipinski definition) is 1. The number of benzene rings is 2. The van der Waals surface area contributed by atoms with Gasteiger partial charge in [0, 0.05) is 13.1 Å². The summed E-state index contributed by atoms with van der Waals surface area (Å²) in [7, 11) is 0. The van der Waals surface area contributed by atoms with Crippen LogP contribution in [-0.2, 0) is 20.4 Å². The number of rotatable bonds is 8. The van der Waals surface area contributed by atoms with E-state index in [4.69, 9.17) is 14.2 Å². The SMILES string of the molecule is O=C(COCCOc1ccccc1)Nc1cc(C(F)(F)F)ccc1N1CCOCC1. The molecule has 1 heterocycles. The molecule has 1 fully saturated rings. The molecule has 1 amide bonds. The normalized spacial score (nSPS) is 14.4. The number of hydrogen-bond acceptors (Lipinski definition) is 5. The molecule has 0 saturated carbocycles. The van der Waals surface area contributed by atoms with Gasteiger partial charge in [-0.1, -0.05) is 18.2 Å². The molecule has 30 heavy (non-hydrogen) atoms. The minimum atomic E-state index is -4.51. The lowest BCUT2D eigenvalue weighted by Gasteiger charge is -2.31. The first kappa shape index (κ1) is 21.9. The van der Waals surface area contributed by atoms with Gasteiger partial charge >= 0.3 is 6.18 Å². The second kappa shape index (κ2) is 10.3. The van der Waals surface area contributed by atoms with Crippen LogP contribution in [0.4, 0.5) is 24.5 Å². The van der Waals surface area contributed by atoms with Gasteiger partial charge in [0.25, 0.3) is 0 Å². The maximum absolute atomic E-state index is 13.1. The molecule has 0 aliphatic carbocycles. The largest absolute Gasteiger partial charge is 0.491 e. The Bertz CT molecular complexity index is 825. The number of morpholine rings is 1. The second-order valence-electron chi connectivity index (χ2n) is 6.59. The molecule has 1 aliphatic heterocycles. The summed E-state index contributed by atoms with van der Waals surface area (Å²) in [6.07, 6.45) is -4.51. The van der Waals surface area contributed by atoms with Gasteiger partial charge in [0.05, 0.1) is 36.8 Å². The van der Waals surface area contributed by atoms with E-state index in [2.05, 4.69) is 5.32 Å². The minimum Gasteiger partial charge on any atom is -0.491 e. The maximum Gasteiger partial charge on any atom is 0.416 e. The van der Waals surface area contributed by atoms with Gasteiger partial charge in [-0.05, 0) is 30.3 Å². The number of ether oxygens (including phenoxy) is 3. The first-order chi connectivity index (χ1) is 14.4. The number of carbonyl (C=O) groups excluding carboxylic acids is 1. The summed E-state index contributed by atoms with van der Waals surface area (Å²) in [5.74, 6) is 0.146. The van der Waals surface area contributed by atoms with Crippen molar-refractivity contribution in [3.8, 4) is 5.75 Å². The molecule has 6 nitrogen and oxygen atoms in total. The molecule has 1 aliphatic rings. The van der Waals surface area contributed by atoms with Crippen LogP contribution in [0.3, 0.4) is 0 Å². The van der Waals surface area contributed by atoms with E-state index in [0.717, 1.165) is 12.1 Å². The first-order valence-electron chi connectivity index (χ1n) is 9.53. The van der Waals surface area contributed by atoms with E-state index >= 15 is 0 Å². The summed E-state index contributed by atoms with van der Waals surface area (Å²) in [6.45, 7) is 2.12. The van der Waals surface area contributed by atoms with Crippen molar-refractivity contribution >= 4 is 17.3 Å². The summed E-state index contributed by atoms with van der Waals surface area (Å²) in [6, 6.07) is 12.5. The third-order valence-corrected chi connectivity index (χ3v) is 4.42. The van der Waals surface area contributed by atoms with Crippen molar-refractivity contribution < 1.29 is 32.2 Å². The van der Waals surface area contributed by atoms with Crippen molar-refractivity contribution in [2.24, 2.45) is 0 Å². The van der Waals surface area contributed by atoms with Gasteiger partial charge in [0.1, 0.15) is 19.0 Å². The summed E-state index contributed by atoms with van der Waals surface area (Å²) in [5.41, 5.74) is -0.208. The lowest BCUT2D eigenvalue weighted by atomic mass is 10.1.